The first kappa shape index (κ1) is 7.52. The number of rotatable bonds is 3. The van der Waals surface area contributed by atoms with Gasteiger partial charge in [0.25, 0.3) is 0 Å². The highest BCUT2D eigenvalue weighted by molar-refractivity contribution is 8.68. The van der Waals surface area contributed by atoms with Gasteiger partial charge in [-0.05, 0) is 0 Å². The van der Waals surface area contributed by atoms with Crippen LogP contribution >= 0.6 is 22.5 Å². The van der Waals surface area contributed by atoms with Gasteiger partial charge in [0.15, 0.2) is 0 Å². The van der Waals surface area contributed by atoms with E-state index in [4.69, 9.17) is 0 Å². The number of halogens is 2. The normalized spacial score (nSPS) is 10.3. The van der Waals surface area contributed by atoms with E-state index in [-0.39, 0.29) is 5.94 Å². The molecule has 0 aromatic carbocycles. The molecule has 1 nitrogen and oxygen atoms in total. The van der Waals surface area contributed by atoms with E-state index in [2.05, 4.69) is 16.4 Å². The fraction of sp³-hybridized carbons (Fsp3) is 1.00. The quantitative estimate of drug-likeness (QED) is 0.369. The van der Waals surface area contributed by atoms with Crippen molar-refractivity contribution < 1.29 is 13.5 Å². The maximum Gasteiger partial charge on any atom is 0.346 e. The number of alkyl halides is 2. The molecule has 0 atom stereocenters. The van der Waals surface area contributed by atoms with Crippen LogP contribution in [0.5, 0.6) is 0 Å². The topological polar surface area (TPSA) is 9.23 Å². The first-order valence-electron chi connectivity index (χ1n) is 1.43. The van der Waals surface area contributed by atoms with Crippen molar-refractivity contribution in [3.05, 3.63) is 0 Å². The predicted molar refractivity (Wildman–Crippen MR) is 28.5 cm³/mol. The van der Waals surface area contributed by atoms with Gasteiger partial charge in [0.05, 0.1) is 0 Å². The van der Waals surface area contributed by atoms with Crippen molar-refractivity contribution in [3.8, 4) is 0 Å². The Morgan fingerprint density at radius 2 is 2.29 bits per heavy atom. The van der Waals surface area contributed by atoms with Crippen LogP contribution in [-0.4, -0.2) is 12.6 Å². The lowest BCUT2D eigenvalue weighted by Crippen LogP contribution is -1.95. The summed E-state index contributed by atoms with van der Waals surface area (Å²) in [4.78, 5) is 0. The van der Waals surface area contributed by atoms with Crippen LogP contribution < -0.4 is 0 Å². The van der Waals surface area contributed by atoms with Crippen molar-refractivity contribution in [2.24, 2.45) is 0 Å². The molecule has 0 N–H and O–H groups in total. The summed E-state index contributed by atoms with van der Waals surface area (Å²) in [5, 5.41) is 0. The molecule has 0 aliphatic rings. The highest BCUT2D eigenvalue weighted by Crippen LogP contribution is 2.07. The molecular weight excluding hydrogens is 142 g/mol. The van der Waals surface area contributed by atoms with E-state index in [1.54, 1.807) is 0 Å². The average Bonchev–Trinajstić information content (AvgIpc) is 1.61. The van der Waals surface area contributed by atoms with Crippen LogP contribution in [0, 0.1) is 0 Å². The molecule has 0 aromatic heterocycles. The Morgan fingerprint density at radius 1 is 1.71 bits per heavy atom. The SMILES string of the molecule is FC(F)OCSS. The van der Waals surface area contributed by atoms with Gasteiger partial charge in [0.1, 0.15) is 5.94 Å². The third-order valence-corrected chi connectivity index (χ3v) is 0.804. The first-order chi connectivity index (χ1) is 3.27. The summed E-state index contributed by atoms with van der Waals surface area (Å²) >= 11 is 3.55. The van der Waals surface area contributed by atoms with Gasteiger partial charge in [-0.2, -0.15) is 8.78 Å². The van der Waals surface area contributed by atoms with Crippen molar-refractivity contribution in [1.29, 1.82) is 0 Å². The van der Waals surface area contributed by atoms with E-state index < -0.39 is 6.61 Å². The minimum Gasteiger partial charge on any atom is -0.311 e. The van der Waals surface area contributed by atoms with E-state index in [0.29, 0.717) is 0 Å². The largest absolute Gasteiger partial charge is 0.346 e. The molecule has 0 rings (SSSR count). The monoisotopic (exact) mass is 146 g/mol. The van der Waals surface area contributed by atoms with E-state index in [0.717, 1.165) is 10.8 Å². The predicted octanol–water partition coefficient (Wildman–Crippen LogP) is 1.76. The number of hydrogen-bond donors (Lipinski definition) is 1. The summed E-state index contributed by atoms with van der Waals surface area (Å²) in [6.45, 7) is -2.67. The van der Waals surface area contributed by atoms with E-state index in [9.17, 15) is 8.78 Å². The van der Waals surface area contributed by atoms with Crippen molar-refractivity contribution in [1.82, 2.24) is 0 Å². The molecule has 0 spiro atoms. The zero-order valence-electron chi connectivity index (χ0n) is 3.30. The van der Waals surface area contributed by atoms with E-state index >= 15 is 0 Å². The number of thiol groups is 1. The molecule has 0 heterocycles. The van der Waals surface area contributed by atoms with Crippen LogP contribution in [-0.2, 0) is 4.74 Å². The summed E-state index contributed by atoms with van der Waals surface area (Å²) in [7, 11) is 0.922. The third kappa shape index (κ3) is 6.52. The fourth-order valence-corrected chi connectivity index (χ4v) is 0.428. The minimum absolute atomic E-state index is 0.0687. The molecule has 0 radical (unpaired) electrons. The summed E-state index contributed by atoms with van der Waals surface area (Å²) < 4.78 is 25.6. The Bertz CT molecular complexity index is 42.7. The first-order valence-corrected chi connectivity index (χ1v) is 3.47. The zero-order valence-corrected chi connectivity index (χ0v) is 5.02. The van der Waals surface area contributed by atoms with Gasteiger partial charge >= 0.3 is 6.61 Å². The molecule has 0 aliphatic carbocycles. The number of hydrogen-bond acceptors (Lipinski definition) is 3. The van der Waals surface area contributed by atoms with Gasteiger partial charge in [-0.15, -0.1) is 11.7 Å². The molecule has 0 aliphatic heterocycles. The van der Waals surface area contributed by atoms with Gasteiger partial charge in [-0.25, -0.2) is 0 Å². The number of ether oxygens (including phenoxy) is 1. The smallest absolute Gasteiger partial charge is 0.311 e. The average molecular weight is 146 g/mol. The van der Waals surface area contributed by atoms with Crippen LogP contribution in [0.15, 0.2) is 0 Å². The lowest BCUT2D eigenvalue weighted by Gasteiger charge is -1.94. The molecule has 0 unspecified atom stereocenters. The summed E-state index contributed by atoms with van der Waals surface area (Å²) in [5.41, 5.74) is 0. The fourth-order valence-electron chi connectivity index (χ4n) is 0.0819. The van der Waals surface area contributed by atoms with Crippen LogP contribution in [0.4, 0.5) is 8.78 Å². The minimum atomic E-state index is -2.67. The van der Waals surface area contributed by atoms with E-state index in [1.807, 2.05) is 0 Å². The van der Waals surface area contributed by atoms with Crippen LogP contribution in [0.3, 0.4) is 0 Å². The Labute approximate surface area is 49.2 Å². The lowest BCUT2D eigenvalue weighted by molar-refractivity contribution is -0.111. The third-order valence-electron chi connectivity index (χ3n) is 0.247. The van der Waals surface area contributed by atoms with Crippen LogP contribution in [0.2, 0.25) is 0 Å². The molecule has 0 saturated carbocycles. The lowest BCUT2D eigenvalue weighted by atomic mass is 11.4. The Balaban J connectivity index is 2.68. The maximum absolute atomic E-state index is 11.0. The second-order valence-electron chi connectivity index (χ2n) is 0.674. The summed E-state index contributed by atoms with van der Waals surface area (Å²) in [6.07, 6.45) is 0. The Kier molecular flexibility index (Phi) is 5.02. The summed E-state index contributed by atoms with van der Waals surface area (Å²) in [6, 6.07) is 0. The van der Waals surface area contributed by atoms with Crippen molar-refractivity contribution in [2.45, 2.75) is 6.61 Å². The van der Waals surface area contributed by atoms with Gasteiger partial charge in [-0.3, -0.25) is 0 Å². The van der Waals surface area contributed by atoms with E-state index in [1.165, 1.54) is 0 Å². The van der Waals surface area contributed by atoms with Gasteiger partial charge < -0.3 is 4.74 Å². The van der Waals surface area contributed by atoms with Crippen molar-refractivity contribution in [2.75, 3.05) is 5.94 Å². The highest BCUT2D eigenvalue weighted by Gasteiger charge is 1.97. The van der Waals surface area contributed by atoms with Crippen LogP contribution in [0.25, 0.3) is 0 Å². The summed E-state index contributed by atoms with van der Waals surface area (Å²) in [5.74, 6) is -0.0687. The molecule has 0 aromatic rings. The van der Waals surface area contributed by atoms with Crippen LogP contribution in [0.1, 0.15) is 0 Å². The van der Waals surface area contributed by atoms with Gasteiger partial charge in [0.2, 0.25) is 0 Å². The molecule has 5 heteroatoms. The van der Waals surface area contributed by atoms with Gasteiger partial charge in [-0.1, -0.05) is 10.8 Å². The maximum atomic E-state index is 11.0. The second kappa shape index (κ2) is 4.67. The second-order valence-corrected chi connectivity index (χ2v) is 1.94. The molecule has 0 fully saturated rings. The molecule has 44 valence electrons. The highest BCUT2D eigenvalue weighted by atomic mass is 33.1. The standard InChI is InChI=1S/C2H4F2OS2/c3-2(4)5-1-7-6/h2,6H,1H2. The zero-order chi connectivity index (χ0) is 5.70. The molecule has 0 amide bonds. The molecule has 0 saturated heterocycles. The Hall–Kier alpha value is 0.520. The van der Waals surface area contributed by atoms with Crippen molar-refractivity contribution in [3.63, 3.8) is 0 Å². The molecule has 7 heavy (non-hydrogen) atoms. The molecular formula is C2H4F2OS2. The Morgan fingerprint density at radius 3 is 2.43 bits per heavy atom. The van der Waals surface area contributed by atoms with Gasteiger partial charge in [0, 0.05) is 0 Å². The van der Waals surface area contributed by atoms with Crippen molar-refractivity contribution >= 4 is 22.5 Å². The molecule has 0 bridgehead atoms.